The second-order valence-corrected chi connectivity index (χ2v) is 13.6. The van der Waals surface area contributed by atoms with Crippen molar-refractivity contribution in [3.8, 4) is 27.5 Å². The maximum atomic E-state index is 14.4. The fourth-order valence-electron chi connectivity index (χ4n) is 5.75. The van der Waals surface area contributed by atoms with E-state index in [-0.39, 0.29) is 4.90 Å². The van der Waals surface area contributed by atoms with Crippen LogP contribution in [0.15, 0.2) is 75.5 Å². The number of hydroxylamine groups is 1. The van der Waals surface area contributed by atoms with Gasteiger partial charge in [0.1, 0.15) is 17.6 Å². The number of benzene rings is 3. The van der Waals surface area contributed by atoms with E-state index in [0.29, 0.717) is 46.6 Å². The maximum absolute atomic E-state index is 14.4. The lowest BCUT2D eigenvalue weighted by Gasteiger charge is -2.35. The molecule has 0 bridgehead atoms. The standard InChI is InChI=1S/C32H28F2N6O4S2/c1-18-30(19(2)44-38-18)21-8-13-28-26(15-21)36-31(29-5-4-14-43-40(29)22-9-12-24(33)25(34)16-22)39(28)32-37-27(17-45-32)20-6-10-23(11-7-20)46(41,42)35-3/h6-13,15-17,29,35H,4-5,14H2,1-3H3/t29-/m0/s1. The van der Waals surface area contributed by atoms with Gasteiger partial charge in [-0.05, 0) is 75.7 Å². The van der Waals surface area contributed by atoms with E-state index in [9.17, 15) is 17.2 Å². The van der Waals surface area contributed by atoms with Gasteiger partial charge in [0.15, 0.2) is 16.8 Å². The van der Waals surface area contributed by atoms with Crippen LogP contribution in [0.5, 0.6) is 0 Å². The minimum absolute atomic E-state index is 0.154. The molecule has 6 aromatic rings. The zero-order chi connectivity index (χ0) is 32.2. The van der Waals surface area contributed by atoms with Crippen molar-refractivity contribution in [1.82, 2.24) is 24.4 Å². The van der Waals surface area contributed by atoms with Crippen molar-refractivity contribution in [3.63, 3.8) is 0 Å². The topological polar surface area (TPSA) is 115 Å². The summed E-state index contributed by atoms with van der Waals surface area (Å²) in [6, 6.07) is 15.7. The van der Waals surface area contributed by atoms with Crippen molar-refractivity contribution in [1.29, 1.82) is 0 Å². The summed E-state index contributed by atoms with van der Waals surface area (Å²) in [7, 11) is -2.21. The van der Waals surface area contributed by atoms with E-state index in [0.717, 1.165) is 46.5 Å². The highest BCUT2D eigenvalue weighted by molar-refractivity contribution is 7.89. The van der Waals surface area contributed by atoms with Gasteiger partial charge in [-0.25, -0.2) is 37.0 Å². The molecule has 0 radical (unpaired) electrons. The average molecular weight is 663 g/mol. The lowest BCUT2D eigenvalue weighted by molar-refractivity contribution is 0.0454. The Kier molecular flexibility index (Phi) is 7.67. The average Bonchev–Trinajstić information content (AvgIpc) is 3.78. The van der Waals surface area contributed by atoms with Crippen LogP contribution in [0, 0.1) is 25.5 Å². The van der Waals surface area contributed by atoms with E-state index in [4.69, 9.17) is 19.3 Å². The van der Waals surface area contributed by atoms with Crippen molar-refractivity contribution in [2.45, 2.75) is 37.6 Å². The molecule has 4 heterocycles. The van der Waals surface area contributed by atoms with E-state index in [1.165, 1.54) is 36.6 Å². The molecule has 1 aliphatic rings. The van der Waals surface area contributed by atoms with Crippen LogP contribution in [0.2, 0.25) is 0 Å². The first-order chi connectivity index (χ1) is 22.1. The number of nitrogens with one attached hydrogen (secondary N) is 1. The molecule has 1 aliphatic heterocycles. The van der Waals surface area contributed by atoms with Crippen LogP contribution in [0.4, 0.5) is 14.5 Å². The van der Waals surface area contributed by atoms with E-state index in [1.54, 1.807) is 17.2 Å². The highest BCUT2D eigenvalue weighted by atomic mass is 32.2. The summed E-state index contributed by atoms with van der Waals surface area (Å²) in [5.74, 6) is -0.601. The molecule has 46 heavy (non-hydrogen) atoms. The van der Waals surface area contributed by atoms with Gasteiger partial charge in [-0.1, -0.05) is 23.4 Å². The number of aryl methyl sites for hydroxylation is 2. The molecule has 0 saturated carbocycles. The van der Waals surface area contributed by atoms with Gasteiger partial charge in [0.25, 0.3) is 0 Å². The van der Waals surface area contributed by atoms with Gasteiger partial charge >= 0.3 is 0 Å². The minimum atomic E-state index is -3.58. The summed E-state index contributed by atoms with van der Waals surface area (Å²) in [4.78, 5) is 16.3. The molecule has 0 aliphatic carbocycles. The van der Waals surface area contributed by atoms with Crippen molar-refractivity contribution in [3.05, 3.63) is 95.0 Å². The normalized spacial score (nSPS) is 15.6. The van der Waals surface area contributed by atoms with Gasteiger partial charge in [0.2, 0.25) is 10.0 Å². The lowest BCUT2D eigenvalue weighted by atomic mass is 10.0. The molecule has 10 nitrogen and oxygen atoms in total. The third kappa shape index (κ3) is 5.26. The van der Waals surface area contributed by atoms with E-state index in [1.807, 2.05) is 42.0 Å². The molecule has 1 N–H and O–H groups in total. The zero-order valence-corrected chi connectivity index (χ0v) is 26.6. The SMILES string of the molecule is CNS(=O)(=O)c1ccc(-c2csc(-n3c([C@@H]4CCCON4c4ccc(F)c(F)c4)nc4cc(-c5c(C)noc5C)ccc43)n2)cc1. The second-order valence-electron chi connectivity index (χ2n) is 10.9. The van der Waals surface area contributed by atoms with Crippen LogP contribution in [0.1, 0.15) is 36.2 Å². The first-order valence-electron chi connectivity index (χ1n) is 14.5. The molecule has 3 aromatic carbocycles. The number of sulfonamides is 1. The van der Waals surface area contributed by atoms with Crippen LogP contribution < -0.4 is 9.79 Å². The van der Waals surface area contributed by atoms with Gasteiger partial charge in [-0.3, -0.25) is 9.40 Å². The van der Waals surface area contributed by atoms with Crippen LogP contribution in [-0.2, 0) is 14.9 Å². The Morgan fingerprint density at radius 2 is 1.76 bits per heavy atom. The van der Waals surface area contributed by atoms with Crippen LogP contribution in [0.3, 0.4) is 0 Å². The molecular formula is C32H28F2N6O4S2. The molecule has 1 fully saturated rings. The molecule has 1 saturated heterocycles. The van der Waals surface area contributed by atoms with Crippen LogP contribution in [-0.4, -0.2) is 41.8 Å². The molecule has 0 spiro atoms. The fourth-order valence-corrected chi connectivity index (χ4v) is 7.34. The van der Waals surface area contributed by atoms with Crippen molar-refractivity contribution in [2.75, 3.05) is 18.7 Å². The number of hydrogen-bond donors (Lipinski definition) is 1. The van der Waals surface area contributed by atoms with Gasteiger partial charge in [-0.2, -0.15) is 0 Å². The van der Waals surface area contributed by atoms with Crippen LogP contribution in [0.25, 0.3) is 38.5 Å². The molecular weight excluding hydrogens is 635 g/mol. The summed E-state index contributed by atoms with van der Waals surface area (Å²) in [5.41, 5.74) is 5.81. The predicted molar refractivity (Wildman–Crippen MR) is 170 cm³/mol. The summed E-state index contributed by atoms with van der Waals surface area (Å²) >= 11 is 1.41. The third-order valence-corrected chi connectivity index (χ3v) is 10.3. The Bertz CT molecular complexity index is 2170. The Morgan fingerprint density at radius 1 is 0.978 bits per heavy atom. The summed E-state index contributed by atoms with van der Waals surface area (Å²) < 4.78 is 62.4. The Balaban J connectivity index is 1.37. The highest BCUT2D eigenvalue weighted by Crippen LogP contribution is 2.39. The second kappa shape index (κ2) is 11.7. The number of imidazole rings is 1. The number of hydrogen-bond acceptors (Lipinski definition) is 9. The maximum Gasteiger partial charge on any atom is 0.240 e. The fraction of sp³-hybridized carbons (Fsp3) is 0.219. The first-order valence-corrected chi connectivity index (χ1v) is 16.8. The van der Waals surface area contributed by atoms with E-state index in [2.05, 4.69) is 9.88 Å². The monoisotopic (exact) mass is 662 g/mol. The van der Waals surface area contributed by atoms with E-state index >= 15 is 0 Å². The lowest BCUT2D eigenvalue weighted by Crippen LogP contribution is -2.35. The van der Waals surface area contributed by atoms with Crippen molar-refractivity contribution >= 4 is 38.1 Å². The quantitative estimate of drug-likeness (QED) is 0.197. The third-order valence-electron chi connectivity index (χ3n) is 8.01. The number of rotatable bonds is 7. The number of aromatic nitrogens is 4. The number of thiazole rings is 1. The molecule has 3 aromatic heterocycles. The molecule has 1 atom stereocenters. The number of nitrogens with zero attached hydrogens (tertiary/aromatic N) is 5. The summed E-state index contributed by atoms with van der Waals surface area (Å²) in [5, 5.41) is 8.22. The summed E-state index contributed by atoms with van der Waals surface area (Å²) in [6.45, 7) is 4.16. The molecule has 0 unspecified atom stereocenters. The molecule has 7 rings (SSSR count). The largest absolute Gasteiger partial charge is 0.361 e. The number of fused-ring (bicyclic) bond motifs is 1. The molecule has 14 heteroatoms. The Hall–Kier alpha value is -4.50. The Morgan fingerprint density at radius 3 is 2.48 bits per heavy atom. The number of anilines is 1. The Labute approximate surface area is 267 Å². The highest BCUT2D eigenvalue weighted by Gasteiger charge is 2.32. The van der Waals surface area contributed by atoms with Gasteiger partial charge in [-0.15, -0.1) is 11.3 Å². The smallest absolute Gasteiger partial charge is 0.240 e. The zero-order valence-electron chi connectivity index (χ0n) is 25.0. The van der Waals surface area contributed by atoms with Crippen molar-refractivity contribution < 1.29 is 26.6 Å². The minimum Gasteiger partial charge on any atom is -0.361 e. The van der Waals surface area contributed by atoms with Gasteiger partial charge in [0, 0.05) is 22.6 Å². The van der Waals surface area contributed by atoms with Gasteiger partial charge in [0.05, 0.1) is 39.6 Å². The van der Waals surface area contributed by atoms with Crippen LogP contribution >= 0.6 is 11.3 Å². The van der Waals surface area contributed by atoms with Crippen molar-refractivity contribution in [2.24, 2.45) is 0 Å². The van der Waals surface area contributed by atoms with E-state index < -0.39 is 27.7 Å². The summed E-state index contributed by atoms with van der Waals surface area (Å²) in [6.07, 6.45) is 1.36. The first kappa shape index (κ1) is 30.2. The molecule has 236 valence electrons. The van der Waals surface area contributed by atoms with Gasteiger partial charge < -0.3 is 4.52 Å². The molecule has 0 amide bonds. The predicted octanol–water partition coefficient (Wildman–Crippen LogP) is 6.88. The number of halogens is 2.